The monoisotopic (exact) mass is 402 g/mol. The first-order valence-electron chi connectivity index (χ1n) is 9.20. The summed E-state index contributed by atoms with van der Waals surface area (Å²) < 4.78 is 10.7. The molecular weight excluding hydrogens is 376 g/mol. The number of rotatable bonds is 9. The number of ketones is 1. The predicted molar refractivity (Wildman–Crippen MR) is 109 cm³/mol. The largest absolute Gasteiger partial charge is 0.494 e. The third-order valence-electron chi connectivity index (χ3n) is 4.29. The Labute approximate surface area is 170 Å². The van der Waals surface area contributed by atoms with E-state index in [4.69, 9.17) is 9.47 Å². The molecule has 2 aromatic rings. The van der Waals surface area contributed by atoms with Crippen LogP contribution in [0, 0.1) is 13.8 Å². The van der Waals surface area contributed by atoms with Gasteiger partial charge in [-0.2, -0.15) is 0 Å². The Hall–Kier alpha value is -2.41. The summed E-state index contributed by atoms with van der Waals surface area (Å²) in [5.41, 5.74) is 3.16. The lowest BCUT2D eigenvalue weighted by atomic mass is 10.1. The maximum atomic E-state index is 12.5. The summed E-state index contributed by atoms with van der Waals surface area (Å²) in [4.78, 5) is 33.5. The van der Waals surface area contributed by atoms with Gasteiger partial charge in [-0.1, -0.05) is 11.8 Å². The number of benzene rings is 1. The molecule has 0 aliphatic carbocycles. The first-order chi connectivity index (χ1) is 13.3. The zero-order valence-electron chi connectivity index (χ0n) is 16.9. The lowest BCUT2D eigenvalue weighted by Crippen LogP contribution is -2.24. The molecule has 0 spiro atoms. The average molecular weight is 403 g/mol. The summed E-state index contributed by atoms with van der Waals surface area (Å²) in [5.74, 6) is 0.0418. The topological polar surface area (TPSA) is 78.4 Å². The first-order valence-corrected chi connectivity index (χ1v) is 10.4. The number of esters is 1. The molecule has 0 fully saturated rings. The van der Waals surface area contributed by atoms with Gasteiger partial charge < -0.3 is 9.47 Å². The van der Waals surface area contributed by atoms with Gasteiger partial charge in [-0.25, -0.2) is 9.97 Å². The minimum absolute atomic E-state index is 0.171. The molecule has 1 heterocycles. The van der Waals surface area contributed by atoms with E-state index < -0.39 is 12.1 Å². The third kappa shape index (κ3) is 5.79. The molecule has 0 unspecified atom stereocenters. The molecule has 0 amide bonds. The number of aromatic nitrogens is 2. The number of aryl methyl sites for hydroxylation is 2. The van der Waals surface area contributed by atoms with Gasteiger partial charge in [0.2, 0.25) is 5.78 Å². The maximum Gasteiger partial charge on any atom is 0.306 e. The highest BCUT2D eigenvalue weighted by atomic mass is 32.2. The molecule has 0 radical (unpaired) electrons. The van der Waals surface area contributed by atoms with E-state index in [0.717, 1.165) is 22.1 Å². The van der Waals surface area contributed by atoms with E-state index in [0.29, 0.717) is 24.3 Å². The van der Waals surface area contributed by atoms with Crippen LogP contribution in [-0.4, -0.2) is 40.7 Å². The van der Waals surface area contributed by atoms with Crippen molar-refractivity contribution in [1.82, 2.24) is 9.97 Å². The van der Waals surface area contributed by atoms with E-state index >= 15 is 0 Å². The Morgan fingerprint density at radius 1 is 1.11 bits per heavy atom. The standard InChI is InChI=1S/C21H26N2O4S/c1-6-26-17-9-7-16(8-10-17)20(25)15(4)27-19(24)12-11-18-13(2)22-21(28-5)23-14(18)3/h7-10,15H,6,11-12H2,1-5H3/t15-/m1/s1. The number of Topliss-reactive ketones (excluding diaryl/α,β-unsaturated/α-hetero) is 1. The second-order valence-corrected chi connectivity index (χ2v) is 7.09. The minimum Gasteiger partial charge on any atom is -0.494 e. The van der Waals surface area contributed by atoms with E-state index in [1.807, 2.05) is 27.0 Å². The summed E-state index contributed by atoms with van der Waals surface area (Å²) in [6, 6.07) is 6.81. The van der Waals surface area contributed by atoms with Crippen molar-refractivity contribution in [2.24, 2.45) is 0 Å². The first kappa shape index (κ1) is 21.9. The summed E-state index contributed by atoms with van der Waals surface area (Å²) >= 11 is 1.48. The van der Waals surface area contributed by atoms with Crippen LogP contribution in [0.15, 0.2) is 29.4 Å². The van der Waals surface area contributed by atoms with Crippen LogP contribution in [0.1, 0.15) is 47.6 Å². The van der Waals surface area contributed by atoms with Gasteiger partial charge in [0, 0.05) is 23.4 Å². The van der Waals surface area contributed by atoms with Crippen LogP contribution in [0.5, 0.6) is 5.75 Å². The molecule has 7 heteroatoms. The summed E-state index contributed by atoms with van der Waals surface area (Å²) in [5, 5.41) is 0.718. The molecule has 1 aromatic heterocycles. The molecule has 0 bridgehead atoms. The highest BCUT2D eigenvalue weighted by molar-refractivity contribution is 7.98. The van der Waals surface area contributed by atoms with Crippen molar-refractivity contribution < 1.29 is 19.1 Å². The Morgan fingerprint density at radius 2 is 1.71 bits per heavy atom. The second-order valence-electron chi connectivity index (χ2n) is 6.31. The molecule has 0 aliphatic rings. The summed E-state index contributed by atoms with van der Waals surface area (Å²) in [6.45, 7) is 7.86. The Morgan fingerprint density at radius 3 is 2.25 bits per heavy atom. The lowest BCUT2D eigenvalue weighted by molar-refractivity contribution is -0.146. The molecule has 1 aromatic carbocycles. The summed E-state index contributed by atoms with van der Waals surface area (Å²) in [7, 11) is 0. The summed E-state index contributed by atoms with van der Waals surface area (Å²) in [6.07, 6.45) is 1.73. The quantitative estimate of drug-likeness (QED) is 0.272. The number of nitrogens with zero attached hydrogens (tertiary/aromatic N) is 2. The minimum atomic E-state index is -0.845. The normalized spacial score (nSPS) is 11.8. The SMILES string of the molecule is CCOc1ccc(C(=O)[C@@H](C)OC(=O)CCc2c(C)nc(SC)nc2C)cc1. The van der Waals surface area contributed by atoms with Crippen molar-refractivity contribution in [3.8, 4) is 5.75 Å². The Bertz CT molecular complexity index is 814. The third-order valence-corrected chi connectivity index (χ3v) is 4.84. The second kappa shape index (κ2) is 10.2. The van der Waals surface area contributed by atoms with Crippen molar-refractivity contribution in [1.29, 1.82) is 0 Å². The fourth-order valence-corrected chi connectivity index (χ4v) is 3.27. The fourth-order valence-electron chi connectivity index (χ4n) is 2.82. The molecule has 1 atom stereocenters. The van der Waals surface area contributed by atoms with E-state index in [2.05, 4.69) is 9.97 Å². The van der Waals surface area contributed by atoms with Gasteiger partial charge in [0.15, 0.2) is 11.3 Å². The Balaban J connectivity index is 1.92. The molecule has 0 N–H and O–H groups in total. The van der Waals surface area contributed by atoms with Crippen molar-refractivity contribution in [2.75, 3.05) is 12.9 Å². The lowest BCUT2D eigenvalue weighted by Gasteiger charge is -2.14. The van der Waals surface area contributed by atoms with Crippen LogP contribution < -0.4 is 4.74 Å². The van der Waals surface area contributed by atoms with Crippen LogP contribution in [0.2, 0.25) is 0 Å². The van der Waals surface area contributed by atoms with Gasteiger partial charge in [-0.05, 0) is 70.2 Å². The van der Waals surface area contributed by atoms with Gasteiger partial charge in [0.25, 0.3) is 0 Å². The average Bonchev–Trinajstić information content (AvgIpc) is 2.67. The molecule has 150 valence electrons. The van der Waals surface area contributed by atoms with Crippen molar-refractivity contribution >= 4 is 23.5 Å². The zero-order chi connectivity index (χ0) is 20.7. The maximum absolute atomic E-state index is 12.5. The van der Waals surface area contributed by atoms with Gasteiger partial charge >= 0.3 is 5.97 Å². The number of carbonyl (C=O) groups is 2. The van der Waals surface area contributed by atoms with E-state index in [-0.39, 0.29) is 12.2 Å². The molecule has 0 saturated heterocycles. The highest BCUT2D eigenvalue weighted by Gasteiger charge is 2.20. The molecule has 2 rings (SSSR count). The molecule has 6 nitrogen and oxygen atoms in total. The molecular formula is C21H26N2O4S. The predicted octanol–water partition coefficient (Wildman–Crippen LogP) is 3.96. The van der Waals surface area contributed by atoms with Crippen LogP contribution in [0.4, 0.5) is 0 Å². The van der Waals surface area contributed by atoms with Gasteiger partial charge in [-0.15, -0.1) is 0 Å². The van der Waals surface area contributed by atoms with Crippen LogP contribution in [-0.2, 0) is 16.0 Å². The van der Waals surface area contributed by atoms with Crippen LogP contribution >= 0.6 is 11.8 Å². The van der Waals surface area contributed by atoms with Crippen molar-refractivity contribution in [3.63, 3.8) is 0 Å². The number of ether oxygens (including phenoxy) is 2. The van der Waals surface area contributed by atoms with Crippen LogP contribution in [0.3, 0.4) is 0 Å². The molecule has 0 saturated carbocycles. The van der Waals surface area contributed by atoms with Crippen molar-refractivity contribution in [2.45, 2.75) is 51.8 Å². The Kier molecular flexibility index (Phi) is 7.99. The van der Waals surface area contributed by atoms with E-state index in [9.17, 15) is 9.59 Å². The van der Waals surface area contributed by atoms with E-state index in [1.54, 1.807) is 31.2 Å². The van der Waals surface area contributed by atoms with Gasteiger partial charge in [0.1, 0.15) is 5.75 Å². The number of hydrogen-bond donors (Lipinski definition) is 0. The highest BCUT2D eigenvalue weighted by Crippen LogP contribution is 2.18. The molecule has 0 aliphatic heterocycles. The number of carbonyl (C=O) groups excluding carboxylic acids is 2. The fraction of sp³-hybridized carbons (Fsp3) is 0.429. The van der Waals surface area contributed by atoms with Gasteiger partial charge in [0.05, 0.1) is 6.61 Å². The number of thioether (sulfide) groups is 1. The molecule has 28 heavy (non-hydrogen) atoms. The number of hydrogen-bond acceptors (Lipinski definition) is 7. The van der Waals surface area contributed by atoms with E-state index in [1.165, 1.54) is 11.8 Å². The van der Waals surface area contributed by atoms with Crippen molar-refractivity contribution in [3.05, 3.63) is 46.8 Å². The smallest absolute Gasteiger partial charge is 0.306 e. The zero-order valence-corrected chi connectivity index (χ0v) is 17.8. The van der Waals surface area contributed by atoms with Gasteiger partial charge in [-0.3, -0.25) is 9.59 Å². The van der Waals surface area contributed by atoms with Crippen LogP contribution in [0.25, 0.3) is 0 Å².